The van der Waals surface area contributed by atoms with Crippen molar-refractivity contribution in [1.82, 2.24) is 20.2 Å². The minimum Gasteiger partial charge on any atom is -0.272 e. The quantitative estimate of drug-likeness (QED) is 0.126. The molecule has 0 bridgehead atoms. The van der Waals surface area contributed by atoms with Crippen LogP contribution in [-0.4, -0.2) is 32.6 Å². The number of benzene rings is 4. The number of hydrogen-bond donors (Lipinski definition) is 1. The van der Waals surface area contributed by atoms with E-state index < -0.39 is 0 Å². The van der Waals surface area contributed by atoms with Gasteiger partial charge in [0.15, 0.2) is 4.34 Å². The minimum atomic E-state index is -0.176. The number of para-hydroxylation sites is 1. The summed E-state index contributed by atoms with van der Waals surface area (Å²) >= 11 is 3.00. The second kappa shape index (κ2) is 11.5. The second-order valence-corrected chi connectivity index (χ2v) is 10.9. The summed E-state index contributed by atoms with van der Waals surface area (Å²) in [4.78, 5) is 16.8. The van der Waals surface area contributed by atoms with Gasteiger partial charge in [-0.05, 0) is 35.9 Å². The molecule has 2 heterocycles. The van der Waals surface area contributed by atoms with E-state index in [0.29, 0.717) is 0 Å². The molecule has 1 amide bonds. The highest BCUT2D eigenvalue weighted by Crippen LogP contribution is 2.30. The fraction of sp³-hybridized carbons (Fsp3) is 0.0323. The van der Waals surface area contributed by atoms with Gasteiger partial charge in [0, 0.05) is 11.1 Å². The van der Waals surface area contributed by atoms with Crippen LogP contribution in [0.4, 0.5) is 0 Å². The summed E-state index contributed by atoms with van der Waals surface area (Å²) in [5, 5.41) is 9.05. The van der Waals surface area contributed by atoms with Crippen LogP contribution in [0.1, 0.15) is 5.56 Å². The standard InChI is InChI=1S/C31H23N5OS2/c37-30(21-38-31-33-26-13-7-8-14-29(26)39-31)34-32-20-22-15-17-25(18-16-22)36-28(24-11-5-2-6-12-24)19-27(35-36)23-9-3-1-4-10-23/h1-20H,21H2,(H,34,37)/b32-20+. The normalized spacial score (nSPS) is 11.3. The number of thioether (sulfide) groups is 1. The molecule has 0 spiro atoms. The number of amides is 1. The summed E-state index contributed by atoms with van der Waals surface area (Å²) < 4.78 is 3.94. The molecule has 6 aromatic rings. The van der Waals surface area contributed by atoms with Crippen molar-refractivity contribution in [1.29, 1.82) is 0 Å². The average Bonchev–Trinajstić information content (AvgIpc) is 3.62. The Morgan fingerprint density at radius 1 is 0.872 bits per heavy atom. The van der Waals surface area contributed by atoms with Gasteiger partial charge in [0.05, 0.1) is 39.3 Å². The maximum Gasteiger partial charge on any atom is 0.250 e. The maximum absolute atomic E-state index is 12.3. The molecule has 6 nitrogen and oxygen atoms in total. The molecule has 0 saturated carbocycles. The van der Waals surface area contributed by atoms with Gasteiger partial charge >= 0.3 is 0 Å². The van der Waals surface area contributed by atoms with Crippen LogP contribution in [0.3, 0.4) is 0 Å². The Labute approximate surface area is 234 Å². The zero-order chi connectivity index (χ0) is 26.4. The van der Waals surface area contributed by atoms with Crippen molar-refractivity contribution in [3.63, 3.8) is 0 Å². The summed E-state index contributed by atoms with van der Waals surface area (Å²) in [5.74, 6) is 0.0751. The van der Waals surface area contributed by atoms with E-state index in [1.807, 2.05) is 89.6 Å². The summed E-state index contributed by atoms with van der Waals surface area (Å²) in [6, 6.07) is 38.4. The number of rotatable bonds is 8. The topological polar surface area (TPSA) is 72.2 Å². The van der Waals surface area contributed by atoms with Crippen molar-refractivity contribution >= 4 is 45.4 Å². The molecule has 0 radical (unpaired) electrons. The highest BCUT2D eigenvalue weighted by Gasteiger charge is 2.13. The molecule has 6 rings (SSSR count). The zero-order valence-electron chi connectivity index (χ0n) is 20.8. The van der Waals surface area contributed by atoms with Crippen LogP contribution in [0.25, 0.3) is 38.4 Å². The Morgan fingerprint density at radius 2 is 1.56 bits per heavy atom. The zero-order valence-corrected chi connectivity index (χ0v) is 22.4. The molecule has 190 valence electrons. The molecule has 0 aliphatic rings. The van der Waals surface area contributed by atoms with Crippen molar-refractivity contribution in [3.8, 4) is 28.2 Å². The Kier molecular flexibility index (Phi) is 7.29. The maximum atomic E-state index is 12.3. The van der Waals surface area contributed by atoms with Gasteiger partial charge in [0.2, 0.25) is 0 Å². The number of nitrogens with one attached hydrogen (secondary N) is 1. The van der Waals surface area contributed by atoms with Gasteiger partial charge in [0.1, 0.15) is 0 Å². The number of hydrogen-bond acceptors (Lipinski definition) is 6. The van der Waals surface area contributed by atoms with Crippen molar-refractivity contribution in [2.45, 2.75) is 4.34 Å². The van der Waals surface area contributed by atoms with Crippen molar-refractivity contribution in [2.24, 2.45) is 5.10 Å². The van der Waals surface area contributed by atoms with E-state index in [1.54, 1.807) is 17.6 Å². The lowest BCUT2D eigenvalue weighted by Gasteiger charge is -2.08. The lowest BCUT2D eigenvalue weighted by Crippen LogP contribution is -2.19. The monoisotopic (exact) mass is 545 g/mol. The predicted octanol–water partition coefficient (Wildman–Crippen LogP) is 7.06. The number of aromatic nitrogens is 3. The number of carbonyl (C=O) groups is 1. The highest BCUT2D eigenvalue weighted by atomic mass is 32.2. The predicted molar refractivity (Wildman–Crippen MR) is 161 cm³/mol. The first-order valence-corrected chi connectivity index (χ1v) is 14.1. The summed E-state index contributed by atoms with van der Waals surface area (Å²) in [7, 11) is 0. The Hall–Kier alpha value is -4.53. The van der Waals surface area contributed by atoms with Gasteiger partial charge < -0.3 is 0 Å². The second-order valence-electron chi connectivity index (χ2n) is 8.68. The molecular weight excluding hydrogens is 523 g/mol. The van der Waals surface area contributed by atoms with Crippen LogP contribution >= 0.6 is 23.1 Å². The Balaban J connectivity index is 1.13. The molecule has 8 heteroatoms. The third-order valence-electron chi connectivity index (χ3n) is 5.99. The van der Waals surface area contributed by atoms with Gasteiger partial charge in [-0.3, -0.25) is 4.79 Å². The van der Waals surface area contributed by atoms with E-state index in [0.717, 1.165) is 48.3 Å². The van der Waals surface area contributed by atoms with E-state index >= 15 is 0 Å². The molecule has 4 aromatic carbocycles. The number of hydrazone groups is 1. The van der Waals surface area contributed by atoms with Crippen LogP contribution in [0, 0.1) is 0 Å². The molecule has 0 aliphatic carbocycles. The van der Waals surface area contributed by atoms with Gasteiger partial charge in [0.25, 0.3) is 5.91 Å². The van der Waals surface area contributed by atoms with Crippen LogP contribution in [-0.2, 0) is 4.79 Å². The van der Waals surface area contributed by atoms with Crippen LogP contribution < -0.4 is 5.43 Å². The van der Waals surface area contributed by atoms with Gasteiger partial charge in [-0.1, -0.05) is 96.7 Å². The molecule has 0 saturated heterocycles. The van der Waals surface area contributed by atoms with Crippen molar-refractivity contribution in [3.05, 3.63) is 121 Å². The number of carbonyl (C=O) groups excluding carboxylic acids is 1. The van der Waals surface area contributed by atoms with Crippen molar-refractivity contribution < 1.29 is 4.79 Å². The average molecular weight is 546 g/mol. The summed E-state index contributed by atoms with van der Waals surface area (Å²) in [6.07, 6.45) is 1.64. The summed E-state index contributed by atoms with van der Waals surface area (Å²) in [6.45, 7) is 0. The highest BCUT2D eigenvalue weighted by molar-refractivity contribution is 8.01. The van der Waals surface area contributed by atoms with Gasteiger partial charge in [-0.15, -0.1) is 11.3 Å². The third-order valence-corrected chi connectivity index (χ3v) is 8.17. The van der Waals surface area contributed by atoms with Crippen molar-refractivity contribution in [2.75, 3.05) is 5.75 Å². The van der Waals surface area contributed by atoms with Crippen LogP contribution in [0.5, 0.6) is 0 Å². The molecule has 0 unspecified atom stereocenters. The van der Waals surface area contributed by atoms with Crippen LogP contribution in [0.15, 0.2) is 125 Å². The fourth-order valence-corrected chi connectivity index (χ4v) is 5.96. The first-order valence-electron chi connectivity index (χ1n) is 12.3. The number of nitrogens with zero attached hydrogens (tertiary/aromatic N) is 4. The molecule has 39 heavy (non-hydrogen) atoms. The number of fused-ring (bicyclic) bond motifs is 1. The molecule has 0 atom stereocenters. The molecular formula is C31H23N5OS2. The first-order chi connectivity index (χ1) is 19.2. The SMILES string of the molecule is O=C(CSc1nc2ccccc2s1)N/N=C/c1ccc(-n2nc(-c3ccccc3)cc2-c2ccccc2)cc1. The van der Waals surface area contributed by atoms with E-state index in [2.05, 4.69) is 45.8 Å². The fourth-order valence-electron chi connectivity index (χ4n) is 4.10. The van der Waals surface area contributed by atoms with E-state index in [4.69, 9.17) is 5.10 Å². The van der Waals surface area contributed by atoms with E-state index in [-0.39, 0.29) is 11.7 Å². The van der Waals surface area contributed by atoms with Gasteiger partial charge in [-0.2, -0.15) is 10.2 Å². The Bertz CT molecular complexity index is 1710. The minimum absolute atomic E-state index is 0.176. The summed E-state index contributed by atoms with van der Waals surface area (Å²) in [5.41, 5.74) is 9.43. The largest absolute Gasteiger partial charge is 0.272 e. The van der Waals surface area contributed by atoms with E-state index in [1.165, 1.54) is 11.8 Å². The van der Waals surface area contributed by atoms with E-state index in [9.17, 15) is 4.79 Å². The smallest absolute Gasteiger partial charge is 0.250 e. The van der Waals surface area contributed by atoms with Crippen LogP contribution in [0.2, 0.25) is 0 Å². The molecule has 1 N–H and O–H groups in total. The first kappa shape index (κ1) is 24.8. The van der Waals surface area contributed by atoms with Gasteiger partial charge in [-0.25, -0.2) is 15.1 Å². The lowest BCUT2D eigenvalue weighted by molar-refractivity contribution is -0.118. The number of thiazole rings is 1. The molecule has 2 aromatic heterocycles. The molecule has 0 aliphatic heterocycles. The lowest BCUT2D eigenvalue weighted by atomic mass is 10.1. The Morgan fingerprint density at radius 3 is 2.31 bits per heavy atom. The third kappa shape index (κ3) is 5.82. The molecule has 0 fully saturated rings.